The molecule has 1 atom stereocenters. The Morgan fingerprint density at radius 2 is 1.14 bits per heavy atom. The minimum atomic E-state index is -0.850. The Balaban J connectivity index is 3.05. The third-order valence-corrected chi connectivity index (χ3v) is 5.58. The zero-order valence-corrected chi connectivity index (χ0v) is 24.0. The van der Waals surface area contributed by atoms with Gasteiger partial charge in [-0.15, -0.1) is 0 Å². The van der Waals surface area contributed by atoms with Crippen molar-refractivity contribution in [3.63, 3.8) is 0 Å². The first-order valence-corrected chi connectivity index (χ1v) is 12.9. The predicted octanol–water partition coefficient (Wildman–Crippen LogP) is 1.68. The summed E-state index contributed by atoms with van der Waals surface area (Å²) in [5, 5.41) is 13.4. The molecule has 10 nitrogen and oxygen atoms in total. The number of rotatable bonds is 6. The predicted molar refractivity (Wildman–Crippen MR) is 140 cm³/mol. The van der Waals surface area contributed by atoms with Crippen LogP contribution in [0.4, 0.5) is 0 Å². The van der Waals surface area contributed by atoms with Crippen molar-refractivity contribution >= 4 is 17.9 Å². The van der Waals surface area contributed by atoms with Crippen molar-refractivity contribution in [3.8, 4) is 0 Å². The summed E-state index contributed by atoms with van der Waals surface area (Å²) in [6.45, 7) is 21.6. The molecule has 1 rings (SSSR count). The smallest absolute Gasteiger partial charge is 0.321 e. The molecule has 1 aliphatic rings. The van der Waals surface area contributed by atoms with Crippen LogP contribution in [-0.4, -0.2) is 120 Å². The first-order chi connectivity index (χ1) is 16.4. The van der Waals surface area contributed by atoms with E-state index in [-0.39, 0.29) is 25.0 Å². The molecule has 1 fully saturated rings. The highest BCUT2D eigenvalue weighted by atomic mass is 16.6. The van der Waals surface area contributed by atoms with Gasteiger partial charge >= 0.3 is 17.9 Å². The Bertz CT molecular complexity index is 723. The molecule has 0 aliphatic carbocycles. The zero-order chi connectivity index (χ0) is 27.7. The average molecular weight is 515 g/mol. The number of carbonyl (C=O) groups excluding carboxylic acids is 2. The highest BCUT2D eigenvalue weighted by Crippen LogP contribution is 2.24. The Kier molecular flexibility index (Phi) is 12.3. The Labute approximate surface area is 217 Å². The van der Waals surface area contributed by atoms with E-state index in [4.69, 9.17) is 9.47 Å². The van der Waals surface area contributed by atoms with Crippen LogP contribution >= 0.6 is 0 Å². The van der Waals surface area contributed by atoms with Crippen molar-refractivity contribution in [3.05, 3.63) is 0 Å². The second-order valence-corrected chi connectivity index (χ2v) is 12.6. The molecular formula is C26H50N4O6. The lowest BCUT2D eigenvalue weighted by atomic mass is 9.85. The van der Waals surface area contributed by atoms with Crippen LogP contribution < -0.4 is 5.32 Å². The fourth-order valence-corrected chi connectivity index (χ4v) is 4.23. The first-order valence-electron chi connectivity index (χ1n) is 12.9. The molecular weight excluding hydrogens is 464 g/mol. The third kappa shape index (κ3) is 13.5. The summed E-state index contributed by atoms with van der Waals surface area (Å²) in [5.41, 5.74) is -1.60. The Morgan fingerprint density at radius 3 is 1.56 bits per heavy atom. The number of carboxylic acid groups (broad SMARTS) is 1. The minimum absolute atomic E-state index is 0.0941. The summed E-state index contributed by atoms with van der Waals surface area (Å²) in [7, 11) is 0. The number of esters is 2. The van der Waals surface area contributed by atoms with E-state index >= 15 is 0 Å². The van der Waals surface area contributed by atoms with E-state index in [2.05, 4.69) is 5.32 Å². The van der Waals surface area contributed by atoms with E-state index in [0.717, 1.165) is 0 Å². The van der Waals surface area contributed by atoms with Gasteiger partial charge in [-0.3, -0.25) is 29.1 Å². The van der Waals surface area contributed by atoms with Crippen molar-refractivity contribution in [1.29, 1.82) is 0 Å². The van der Waals surface area contributed by atoms with Crippen molar-refractivity contribution in [2.75, 3.05) is 65.4 Å². The third-order valence-electron chi connectivity index (χ3n) is 5.58. The van der Waals surface area contributed by atoms with E-state index in [9.17, 15) is 19.5 Å². The van der Waals surface area contributed by atoms with Crippen molar-refractivity contribution in [1.82, 2.24) is 20.0 Å². The molecule has 0 spiro atoms. The molecule has 210 valence electrons. The van der Waals surface area contributed by atoms with Gasteiger partial charge in [0.05, 0.1) is 13.1 Å². The first kappa shape index (κ1) is 32.3. The van der Waals surface area contributed by atoms with Crippen molar-refractivity contribution < 1.29 is 29.0 Å². The van der Waals surface area contributed by atoms with Gasteiger partial charge in [0.2, 0.25) is 0 Å². The van der Waals surface area contributed by atoms with Crippen LogP contribution in [0.5, 0.6) is 0 Å². The second-order valence-electron chi connectivity index (χ2n) is 12.6. The molecule has 0 amide bonds. The van der Waals surface area contributed by atoms with Gasteiger partial charge < -0.3 is 19.9 Å². The molecule has 1 aliphatic heterocycles. The fraction of sp³-hybridized carbons (Fsp3) is 0.885. The summed E-state index contributed by atoms with van der Waals surface area (Å²) in [6.07, 6.45) is 0. The van der Waals surface area contributed by atoms with Gasteiger partial charge in [-0.05, 0) is 47.0 Å². The number of nitrogens with zero attached hydrogens (tertiary/aromatic N) is 3. The molecule has 0 aromatic carbocycles. The number of hydrogen-bond donors (Lipinski definition) is 2. The molecule has 0 aromatic heterocycles. The van der Waals surface area contributed by atoms with E-state index in [1.807, 2.05) is 77.0 Å². The normalized spacial score (nSPS) is 19.6. The Hall–Kier alpha value is -1.75. The Morgan fingerprint density at radius 1 is 0.722 bits per heavy atom. The van der Waals surface area contributed by atoms with Gasteiger partial charge in [-0.1, -0.05) is 20.8 Å². The lowest BCUT2D eigenvalue weighted by Crippen LogP contribution is -2.54. The van der Waals surface area contributed by atoms with Gasteiger partial charge in [-0.2, -0.15) is 0 Å². The number of carbonyl (C=O) groups is 3. The molecule has 1 saturated heterocycles. The summed E-state index contributed by atoms with van der Waals surface area (Å²) >= 11 is 0. The van der Waals surface area contributed by atoms with Crippen LogP contribution in [0.2, 0.25) is 0 Å². The number of nitrogens with one attached hydrogen (secondary N) is 1. The molecule has 0 radical (unpaired) electrons. The van der Waals surface area contributed by atoms with E-state index in [1.165, 1.54) is 0 Å². The van der Waals surface area contributed by atoms with Gasteiger partial charge in [0.25, 0.3) is 0 Å². The molecule has 10 heteroatoms. The standard InChI is InChI=1S/C26H50N4O6/c1-24(2,3)22(23(33)34)30-13-11-27-10-12-28(18-20(31)35-25(4,5)6)14-15-29(16-17-30)19-21(32)36-26(7,8)9/h22,27H,10-19H2,1-9H3,(H,33,34). The SMILES string of the molecule is CC(C)(C)OC(=O)CN1CCNCCN(C(C(=O)O)C(C)(C)C)CCN(CC(=O)OC(C)(C)C)CC1. The van der Waals surface area contributed by atoms with Crippen LogP contribution in [0.1, 0.15) is 62.3 Å². The molecule has 0 saturated carbocycles. The molecule has 1 unspecified atom stereocenters. The van der Waals surface area contributed by atoms with E-state index in [0.29, 0.717) is 52.4 Å². The summed E-state index contributed by atoms with van der Waals surface area (Å²) in [5.74, 6) is -1.46. The lowest BCUT2D eigenvalue weighted by Gasteiger charge is -2.39. The quantitative estimate of drug-likeness (QED) is 0.508. The maximum atomic E-state index is 12.6. The van der Waals surface area contributed by atoms with Crippen molar-refractivity contribution in [2.24, 2.45) is 5.41 Å². The van der Waals surface area contributed by atoms with E-state index < -0.39 is 28.6 Å². The largest absolute Gasteiger partial charge is 0.480 e. The second kappa shape index (κ2) is 13.7. The molecule has 1 heterocycles. The van der Waals surface area contributed by atoms with Gasteiger partial charge in [0, 0.05) is 52.4 Å². The monoisotopic (exact) mass is 514 g/mol. The average Bonchev–Trinajstić information content (AvgIpc) is 2.63. The number of ether oxygens (including phenoxy) is 2. The zero-order valence-electron chi connectivity index (χ0n) is 24.0. The van der Waals surface area contributed by atoms with Gasteiger partial charge in [0.15, 0.2) is 0 Å². The van der Waals surface area contributed by atoms with Gasteiger partial charge in [-0.25, -0.2) is 0 Å². The van der Waals surface area contributed by atoms with Crippen LogP contribution in [0, 0.1) is 5.41 Å². The highest BCUT2D eigenvalue weighted by Gasteiger charge is 2.36. The molecule has 0 aromatic rings. The van der Waals surface area contributed by atoms with E-state index in [1.54, 1.807) is 0 Å². The molecule has 2 N–H and O–H groups in total. The summed E-state index contributed by atoms with van der Waals surface area (Å²) < 4.78 is 11.0. The molecule has 0 bridgehead atoms. The fourth-order valence-electron chi connectivity index (χ4n) is 4.23. The molecule has 36 heavy (non-hydrogen) atoms. The number of carboxylic acids is 1. The van der Waals surface area contributed by atoms with Crippen LogP contribution in [0.25, 0.3) is 0 Å². The van der Waals surface area contributed by atoms with Crippen LogP contribution in [0.3, 0.4) is 0 Å². The summed E-state index contributed by atoms with van der Waals surface area (Å²) in [4.78, 5) is 43.3. The van der Waals surface area contributed by atoms with Crippen molar-refractivity contribution in [2.45, 2.75) is 79.6 Å². The van der Waals surface area contributed by atoms with Crippen LogP contribution in [-0.2, 0) is 23.9 Å². The van der Waals surface area contributed by atoms with Crippen LogP contribution in [0.15, 0.2) is 0 Å². The number of aliphatic carboxylic acids is 1. The number of hydrogen-bond acceptors (Lipinski definition) is 9. The maximum Gasteiger partial charge on any atom is 0.321 e. The van der Waals surface area contributed by atoms with Gasteiger partial charge in [0.1, 0.15) is 17.2 Å². The maximum absolute atomic E-state index is 12.6. The highest BCUT2D eigenvalue weighted by molar-refractivity contribution is 5.74. The topological polar surface area (TPSA) is 112 Å². The summed E-state index contributed by atoms with van der Waals surface area (Å²) in [6, 6.07) is -0.658. The lowest BCUT2D eigenvalue weighted by molar-refractivity contribution is -0.158. The minimum Gasteiger partial charge on any atom is -0.480 e.